The fourth-order valence-corrected chi connectivity index (χ4v) is 2.30. The predicted molar refractivity (Wildman–Crippen MR) is 76.5 cm³/mol. The summed E-state index contributed by atoms with van der Waals surface area (Å²) in [4.78, 5) is 26.4. The van der Waals surface area contributed by atoms with Gasteiger partial charge in [-0.15, -0.1) is 0 Å². The highest BCUT2D eigenvalue weighted by Gasteiger charge is 2.10. The van der Waals surface area contributed by atoms with E-state index < -0.39 is 0 Å². The number of aromatic amines is 2. The van der Waals surface area contributed by atoms with Crippen molar-refractivity contribution in [2.24, 2.45) is 0 Å². The Balaban J connectivity index is 2.30. The van der Waals surface area contributed by atoms with Gasteiger partial charge in [-0.1, -0.05) is 28.1 Å². The molecule has 3 aromatic rings. The molecule has 2 heterocycles. The minimum absolute atomic E-state index is 0.251. The van der Waals surface area contributed by atoms with Gasteiger partial charge in [0.2, 0.25) is 0 Å². The van der Waals surface area contributed by atoms with Gasteiger partial charge < -0.3 is 4.98 Å². The van der Waals surface area contributed by atoms with Gasteiger partial charge in [-0.05, 0) is 24.6 Å². The van der Waals surface area contributed by atoms with Crippen molar-refractivity contribution in [1.29, 1.82) is 0 Å². The molecule has 96 valence electrons. The molecule has 0 radical (unpaired) electrons. The largest absolute Gasteiger partial charge is 0.319 e. The quantitative estimate of drug-likeness (QED) is 0.720. The van der Waals surface area contributed by atoms with Gasteiger partial charge in [0.15, 0.2) is 0 Å². The molecule has 0 aliphatic heterocycles. The number of hydrogen-bond donors (Lipinski definition) is 2. The zero-order valence-electron chi connectivity index (χ0n) is 10.0. The van der Waals surface area contributed by atoms with Crippen LogP contribution in [0.3, 0.4) is 0 Å². The Kier molecular flexibility index (Phi) is 2.67. The van der Waals surface area contributed by atoms with E-state index in [1.807, 2.05) is 24.3 Å². The first kappa shape index (κ1) is 12.0. The van der Waals surface area contributed by atoms with Gasteiger partial charge in [0.25, 0.3) is 11.1 Å². The van der Waals surface area contributed by atoms with E-state index in [1.165, 1.54) is 4.52 Å². The summed E-state index contributed by atoms with van der Waals surface area (Å²) in [7, 11) is 0. The molecule has 2 aromatic heterocycles. The highest BCUT2D eigenvalue weighted by molar-refractivity contribution is 9.10. The van der Waals surface area contributed by atoms with E-state index in [1.54, 1.807) is 13.1 Å². The van der Waals surface area contributed by atoms with Crippen LogP contribution >= 0.6 is 15.9 Å². The average Bonchev–Trinajstić information content (AvgIpc) is 2.66. The fourth-order valence-electron chi connectivity index (χ4n) is 2.03. The highest BCUT2D eigenvalue weighted by atomic mass is 79.9. The van der Waals surface area contributed by atoms with E-state index in [4.69, 9.17) is 0 Å². The molecule has 0 fully saturated rings. The molecular weight excluding hydrogens is 310 g/mol. The lowest BCUT2D eigenvalue weighted by molar-refractivity contribution is 0.920. The molecule has 0 spiro atoms. The van der Waals surface area contributed by atoms with Crippen molar-refractivity contribution in [3.63, 3.8) is 0 Å². The van der Waals surface area contributed by atoms with Crippen LogP contribution in [-0.2, 0) is 0 Å². The van der Waals surface area contributed by atoms with Crippen LogP contribution in [0.4, 0.5) is 0 Å². The maximum atomic E-state index is 12.0. The van der Waals surface area contributed by atoms with Crippen LogP contribution in [0.1, 0.15) is 5.56 Å². The molecule has 0 atom stereocenters. The Labute approximate surface area is 116 Å². The lowest BCUT2D eigenvalue weighted by Gasteiger charge is -2.03. The first-order chi connectivity index (χ1) is 9.06. The Morgan fingerprint density at radius 3 is 2.47 bits per heavy atom. The Morgan fingerprint density at radius 2 is 1.79 bits per heavy atom. The van der Waals surface area contributed by atoms with E-state index >= 15 is 0 Å². The molecule has 0 aliphatic carbocycles. The van der Waals surface area contributed by atoms with E-state index in [2.05, 4.69) is 26.0 Å². The zero-order valence-corrected chi connectivity index (χ0v) is 11.6. The third-order valence-electron chi connectivity index (χ3n) is 3.04. The minimum atomic E-state index is -0.281. The first-order valence-electron chi connectivity index (χ1n) is 5.66. The molecule has 0 bridgehead atoms. The lowest BCUT2D eigenvalue weighted by atomic mass is 10.2. The number of H-pyrrole nitrogens is 2. The molecule has 19 heavy (non-hydrogen) atoms. The van der Waals surface area contributed by atoms with Crippen LogP contribution in [-0.4, -0.2) is 14.6 Å². The average molecular weight is 320 g/mol. The maximum absolute atomic E-state index is 12.0. The number of benzene rings is 1. The Morgan fingerprint density at radius 1 is 1.11 bits per heavy atom. The predicted octanol–water partition coefficient (Wildman–Crippen LogP) is 2.05. The number of hydrogen-bond acceptors (Lipinski definition) is 2. The second-order valence-electron chi connectivity index (χ2n) is 4.29. The molecule has 0 unspecified atom stereocenters. The number of nitrogens with zero attached hydrogens (tertiary/aromatic N) is 1. The zero-order chi connectivity index (χ0) is 13.6. The van der Waals surface area contributed by atoms with Gasteiger partial charge in [0.05, 0.1) is 11.9 Å². The van der Waals surface area contributed by atoms with Gasteiger partial charge in [-0.25, -0.2) is 0 Å². The Bertz CT molecular complexity index is 872. The summed E-state index contributed by atoms with van der Waals surface area (Å²) >= 11 is 3.36. The van der Waals surface area contributed by atoms with Crippen molar-refractivity contribution < 1.29 is 0 Å². The van der Waals surface area contributed by atoms with E-state index in [0.717, 1.165) is 10.0 Å². The lowest BCUT2D eigenvalue weighted by Crippen LogP contribution is -2.11. The van der Waals surface area contributed by atoms with Crippen molar-refractivity contribution in [3.05, 3.63) is 61.2 Å². The van der Waals surface area contributed by atoms with Gasteiger partial charge in [-0.3, -0.25) is 19.2 Å². The molecule has 0 aliphatic rings. The van der Waals surface area contributed by atoms with Crippen LogP contribution in [0.2, 0.25) is 0 Å². The number of fused-ring (bicyclic) bond motifs is 1. The number of halogens is 1. The summed E-state index contributed by atoms with van der Waals surface area (Å²) in [5, 5.41) is 2.62. The minimum Gasteiger partial charge on any atom is -0.319 e. The molecule has 0 saturated heterocycles. The van der Waals surface area contributed by atoms with Crippen molar-refractivity contribution >= 4 is 21.4 Å². The summed E-state index contributed by atoms with van der Waals surface area (Å²) in [6.45, 7) is 1.63. The molecule has 5 nitrogen and oxygen atoms in total. The molecule has 2 N–H and O–H groups in total. The molecule has 0 amide bonds. The molecule has 0 saturated carbocycles. The SMILES string of the molecule is Cc1c(=O)[nH]n2cc(-c3ccc(Br)cc3)[nH]c(=O)c12. The van der Waals surface area contributed by atoms with Crippen LogP contribution in [0, 0.1) is 6.92 Å². The van der Waals surface area contributed by atoms with E-state index in [0.29, 0.717) is 16.8 Å². The van der Waals surface area contributed by atoms with Crippen molar-refractivity contribution in [1.82, 2.24) is 14.6 Å². The number of nitrogens with one attached hydrogen (secondary N) is 2. The van der Waals surface area contributed by atoms with Crippen molar-refractivity contribution in [2.75, 3.05) is 0 Å². The number of rotatable bonds is 1. The summed E-state index contributed by atoms with van der Waals surface area (Å²) in [5.74, 6) is 0. The summed E-state index contributed by atoms with van der Waals surface area (Å²) < 4.78 is 2.43. The van der Waals surface area contributed by atoms with E-state index in [9.17, 15) is 9.59 Å². The van der Waals surface area contributed by atoms with Crippen LogP contribution in [0.5, 0.6) is 0 Å². The molecule has 1 aromatic carbocycles. The summed E-state index contributed by atoms with van der Waals surface area (Å²) in [6, 6.07) is 7.55. The van der Waals surface area contributed by atoms with Crippen LogP contribution in [0.25, 0.3) is 16.8 Å². The standard InChI is InChI=1S/C13H10BrN3O2/c1-7-11-13(19)15-10(6-17(11)16-12(7)18)8-2-4-9(14)5-3-8/h2-6H,1H3,(H,15,19)(H,16,18). The van der Waals surface area contributed by atoms with Crippen molar-refractivity contribution in [3.8, 4) is 11.3 Å². The number of aryl methyl sites for hydroxylation is 1. The smallest absolute Gasteiger partial charge is 0.274 e. The number of aromatic nitrogens is 3. The Hall–Kier alpha value is -2.08. The summed E-state index contributed by atoms with van der Waals surface area (Å²) in [6.07, 6.45) is 1.70. The second-order valence-corrected chi connectivity index (χ2v) is 5.20. The fraction of sp³-hybridized carbons (Fsp3) is 0.0769. The topological polar surface area (TPSA) is 70.1 Å². The van der Waals surface area contributed by atoms with Gasteiger partial charge in [0.1, 0.15) is 5.52 Å². The first-order valence-corrected chi connectivity index (χ1v) is 6.46. The van der Waals surface area contributed by atoms with Gasteiger partial charge in [-0.2, -0.15) is 0 Å². The third-order valence-corrected chi connectivity index (χ3v) is 3.56. The monoisotopic (exact) mass is 319 g/mol. The van der Waals surface area contributed by atoms with Gasteiger partial charge >= 0.3 is 0 Å². The van der Waals surface area contributed by atoms with Crippen LogP contribution < -0.4 is 11.1 Å². The second kappa shape index (κ2) is 4.24. The highest BCUT2D eigenvalue weighted by Crippen LogP contribution is 2.19. The molecule has 3 rings (SSSR count). The van der Waals surface area contributed by atoms with E-state index in [-0.39, 0.29) is 11.1 Å². The third kappa shape index (κ3) is 1.94. The normalized spacial score (nSPS) is 11.1. The molecular formula is C13H10BrN3O2. The maximum Gasteiger partial charge on any atom is 0.274 e. The van der Waals surface area contributed by atoms with Gasteiger partial charge in [0, 0.05) is 10.0 Å². The van der Waals surface area contributed by atoms with Crippen LogP contribution in [0.15, 0.2) is 44.5 Å². The van der Waals surface area contributed by atoms with Crippen molar-refractivity contribution in [2.45, 2.75) is 6.92 Å². The summed E-state index contributed by atoms with van der Waals surface area (Å²) in [5.41, 5.74) is 1.76. The molecule has 6 heteroatoms.